The summed E-state index contributed by atoms with van der Waals surface area (Å²) in [6, 6.07) is 0.309. The molecule has 128 valence electrons. The smallest absolute Gasteiger partial charge is 0.191 e. The maximum atomic E-state index is 11.4. The van der Waals surface area contributed by atoms with Crippen molar-refractivity contribution in [2.45, 2.75) is 53.5 Å². The second-order valence-corrected chi connectivity index (χ2v) is 8.85. The van der Waals surface area contributed by atoms with Gasteiger partial charge in [0.25, 0.3) is 0 Å². The first-order valence-corrected chi connectivity index (χ1v) is 9.09. The summed E-state index contributed by atoms with van der Waals surface area (Å²) >= 11 is 0. The molecule has 1 atom stereocenters. The van der Waals surface area contributed by atoms with Crippen LogP contribution in [0.2, 0.25) is 0 Å². The van der Waals surface area contributed by atoms with E-state index in [-0.39, 0.29) is 35.5 Å². The summed E-state index contributed by atoms with van der Waals surface area (Å²) in [4.78, 5) is 4.12. The van der Waals surface area contributed by atoms with Gasteiger partial charge in [-0.25, -0.2) is 8.42 Å². The Morgan fingerprint density at radius 2 is 1.86 bits per heavy atom. The van der Waals surface area contributed by atoms with Gasteiger partial charge in [-0.05, 0) is 25.2 Å². The van der Waals surface area contributed by atoms with Gasteiger partial charge in [0.2, 0.25) is 0 Å². The SMILES string of the molecule is CCS(=O)(=O)CCNC(=NC)NC(C)CCC(C)(C)C.I. The third-order valence-corrected chi connectivity index (χ3v) is 4.79. The number of nitrogens with one attached hydrogen (secondary N) is 2. The van der Waals surface area contributed by atoms with Crippen LogP contribution in [0.5, 0.6) is 0 Å². The van der Waals surface area contributed by atoms with Crippen LogP contribution in [0.25, 0.3) is 0 Å². The zero-order valence-corrected chi connectivity index (χ0v) is 17.3. The highest BCUT2D eigenvalue weighted by molar-refractivity contribution is 14.0. The normalized spacial score (nSPS) is 14.3. The molecular formula is C14H32IN3O2S. The number of aliphatic imine (C=N–C) groups is 1. The molecule has 0 saturated carbocycles. The Hall–Kier alpha value is -0.0500. The molecule has 0 radical (unpaired) electrons. The predicted octanol–water partition coefficient (Wildman–Crippen LogP) is 2.42. The molecule has 0 aliphatic carbocycles. The molecule has 5 nitrogen and oxygen atoms in total. The maximum absolute atomic E-state index is 11.4. The molecule has 0 bridgehead atoms. The molecule has 1 unspecified atom stereocenters. The Labute approximate surface area is 147 Å². The molecule has 0 fully saturated rings. The molecule has 0 rings (SSSR count). The molecular weight excluding hydrogens is 401 g/mol. The molecule has 0 aromatic heterocycles. The summed E-state index contributed by atoms with van der Waals surface area (Å²) in [6.45, 7) is 10.8. The van der Waals surface area contributed by atoms with E-state index in [1.54, 1.807) is 14.0 Å². The summed E-state index contributed by atoms with van der Waals surface area (Å²) in [5.74, 6) is 0.987. The highest BCUT2D eigenvalue weighted by Gasteiger charge is 2.13. The lowest BCUT2D eigenvalue weighted by molar-refractivity contribution is 0.346. The van der Waals surface area contributed by atoms with Crippen molar-refractivity contribution in [1.82, 2.24) is 10.6 Å². The fourth-order valence-corrected chi connectivity index (χ4v) is 2.32. The Bertz CT molecular complexity index is 403. The van der Waals surface area contributed by atoms with Gasteiger partial charge < -0.3 is 10.6 Å². The quantitative estimate of drug-likeness (QED) is 0.368. The Morgan fingerprint density at radius 3 is 2.29 bits per heavy atom. The largest absolute Gasteiger partial charge is 0.355 e. The minimum Gasteiger partial charge on any atom is -0.355 e. The minimum absolute atomic E-state index is 0. The second-order valence-electron chi connectivity index (χ2n) is 6.38. The Kier molecular flexibility index (Phi) is 11.8. The van der Waals surface area contributed by atoms with E-state index in [0.717, 1.165) is 12.8 Å². The van der Waals surface area contributed by atoms with E-state index in [9.17, 15) is 8.42 Å². The number of guanidine groups is 1. The van der Waals surface area contributed by atoms with E-state index in [4.69, 9.17) is 0 Å². The van der Waals surface area contributed by atoms with Gasteiger partial charge in [0.1, 0.15) is 0 Å². The molecule has 0 heterocycles. The predicted molar refractivity (Wildman–Crippen MR) is 102 cm³/mol. The summed E-state index contributed by atoms with van der Waals surface area (Å²) < 4.78 is 22.8. The van der Waals surface area contributed by atoms with E-state index >= 15 is 0 Å². The number of nitrogens with zero attached hydrogens (tertiary/aromatic N) is 1. The fraction of sp³-hybridized carbons (Fsp3) is 0.929. The highest BCUT2D eigenvalue weighted by Crippen LogP contribution is 2.21. The zero-order valence-electron chi connectivity index (χ0n) is 14.2. The van der Waals surface area contributed by atoms with Crippen LogP contribution < -0.4 is 10.6 Å². The Balaban J connectivity index is 0. The number of halogens is 1. The van der Waals surface area contributed by atoms with Crippen LogP contribution in [0.15, 0.2) is 4.99 Å². The summed E-state index contributed by atoms with van der Waals surface area (Å²) in [5.41, 5.74) is 0.322. The number of sulfone groups is 1. The lowest BCUT2D eigenvalue weighted by Gasteiger charge is -2.23. The van der Waals surface area contributed by atoms with Gasteiger partial charge in [-0.2, -0.15) is 0 Å². The summed E-state index contributed by atoms with van der Waals surface area (Å²) in [5, 5.41) is 6.34. The van der Waals surface area contributed by atoms with Crippen LogP contribution in [0.4, 0.5) is 0 Å². The fourth-order valence-electron chi connectivity index (χ4n) is 1.62. The lowest BCUT2D eigenvalue weighted by atomic mass is 9.89. The maximum Gasteiger partial charge on any atom is 0.191 e. The number of hydrogen-bond acceptors (Lipinski definition) is 3. The third kappa shape index (κ3) is 13.3. The zero-order chi connectivity index (χ0) is 15.8. The first-order chi connectivity index (χ1) is 9.09. The van der Waals surface area contributed by atoms with Crippen LogP contribution in [-0.4, -0.2) is 45.5 Å². The van der Waals surface area contributed by atoms with Gasteiger partial charge in [0, 0.05) is 25.4 Å². The van der Waals surface area contributed by atoms with Gasteiger partial charge in [0.15, 0.2) is 15.8 Å². The van der Waals surface area contributed by atoms with Crippen LogP contribution in [0.3, 0.4) is 0 Å². The van der Waals surface area contributed by atoms with Crippen molar-refractivity contribution in [3.8, 4) is 0 Å². The van der Waals surface area contributed by atoms with Crippen molar-refractivity contribution >= 4 is 39.8 Å². The van der Waals surface area contributed by atoms with Gasteiger partial charge in [-0.1, -0.05) is 27.7 Å². The van der Waals surface area contributed by atoms with Crippen LogP contribution in [0, 0.1) is 5.41 Å². The van der Waals surface area contributed by atoms with E-state index < -0.39 is 9.84 Å². The average Bonchev–Trinajstić information content (AvgIpc) is 2.34. The van der Waals surface area contributed by atoms with Gasteiger partial charge in [-0.15, -0.1) is 24.0 Å². The molecule has 0 amide bonds. The molecule has 2 N–H and O–H groups in total. The minimum atomic E-state index is -2.93. The first-order valence-electron chi connectivity index (χ1n) is 7.27. The van der Waals surface area contributed by atoms with E-state index in [2.05, 4.69) is 43.3 Å². The van der Waals surface area contributed by atoms with Crippen molar-refractivity contribution < 1.29 is 8.42 Å². The van der Waals surface area contributed by atoms with Crippen LogP contribution >= 0.6 is 24.0 Å². The van der Waals surface area contributed by atoms with E-state index in [1.807, 2.05) is 0 Å². The summed E-state index contributed by atoms with van der Waals surface area (Å²) in [6.07, 6.45) is 2.18. The monoisotopic (exact) mass is 433 g/mol. The topological polar surface area (TPSA) is 70.6 Å². The van der Waals surface area contributed by atoms with E-state index in [1.165, 1.54) is 0 Å². The van der Waals surface area contributed by atoms with Crippen LogP contribution in [0.1, 0.15) is 47.5 Å². The number of rotatable bonds is 7. The van der Waals surface area contributed by atoms with Gasteiger partial charge in [-0.3, -0.25) is 4.99 Å². The molecule has 7 heteroatoms. The van der Waals surface area contributed by atoms with Crippen molar-refractivity contribution in [1.29, 1.82) is 0 Å². The van der Waals surface area contributed by atoms with Crippen LogP contribution in [-0.2, 0) is 9.84 Å². The van der Waals surface area contributed by atoms with E-state index in [0.29, 0.717) is 24.0 Å². The molecule has 0 aliphatic heterocycles. The van der Waals surface area contributed by atoms with Crippen molar-refractivity contribution in [3.05, 3.63) is 0 Å². The van der Waals surface area contributed by atoms with Gasteiger partial charge in [0.05, 0.1) is 5.75 Å². The first kappa shape index (κ1) is 23.2. The molecule has 0 spiro atoms. The molecule has 0 aromatic carbocycles. The second kappa shape index (κ2) is 10.6. The van der Waals surface area contributed by atoms with Crippen molar-refractivity contribution in [2.75, 3.05) is 25.1 Å². The number of hydrogen-bond donors (Lipinski definition) is 2. The summed E-state index contributed by atoms with van der Waals surface area (Å²) in [7, 11) is -1.23. The lowest BCUT2D eigenvalue weighted by Crippen LogP contribution is -2.44. The molecule has 0 saturated heterocycles. The standard InChI is InChI=1S/C14H31N3O2S.HI/c1-7-20(18,19)11-10-16-13(15-6)17-12(2)8-9-14(3,4)5;/h12H,7-11H2,1-6H3,(H2,15,16,17);1H. The van der Waals surface area contributed by atoms with Gasteiger partial charge >= 0.3 is 0 Å². The Morgan fingerprint density at radius 1 is 1.29 bits per heavy atom. The molecule has 21 heavy (non-hydrogen) atoms. The van der Waals surface area contributed by atoms with Crippen molar-refractivity contribution in [2.24, 2.45) is 10.4 Å². The average molecular weight is 433 g/mol. The third-order valence-electron chi connectivity index (χ3n) is 3.08. The molecule has 0 aliphatic rings. The highest BCUT2D eigenvalue weighted by atomic mass is 127. The molecule has 0 aromatic rings. The van der Waals surface area contributed by atoms with Crippen molar-refractivity contribution in [3.63, 3.8) is 0 Å².